The number of hydrogen-bond donors (Lipinski definition) is 1. The number of nitrogens with zero attached hydrogens (tertiary/aromatic N) is 2. The number of amides is 1. The third-order valence-corrected chi connectivity index (χ3v) is 4.79. The minimum Gasteiger partial charge on any atom is -0.485 e. The van der Waals surface area contributed by atoms with E-state index in [1.54, 1.807) is 29.7 Å². The summed E-state index contributed by atoms with van der Waals surface area (Å²) in [7, 11) is 0. The highest BCUT2D eigenvalue weighted by molar-refractivity contribution is 5.96. The van der Waals surface area contributed by atoms with Gasteiger partial charge in [0.1, 0.15) is 30.2 Å². The summed E-state index contributed by atoms with van der Waals surface area (Å²) >= 11 is 0. The van der Waals surface area contributed by atoms with Crippen LogP contribution in [0.3, 0.4) is 0 Å². The van der Waals surface area contributed by atoms with Gasteiger partial charge >= 0.3 is 0 Å². The number of rotatable bonds is 9. The normalized spacial score (nSPS) is 12.0. The molecule has 0 fully saturated rings. The first-order valence-corrected chi connectivity index (χ1v) is 9.75. The van der Waals surface area contributed by atoms with Crippen molar-refractivity contribution in [3.8, 4) is 5.75 Å². The quantitative estimate of drug-likeness (QED) is 0.537. The van der Waals surface area contributed by atoms with Crippen LogP contribution in [-0.4, -0.2) is 27.6 Å². The van der Waals surface area contributed by atoms with E-state index in [4.69, 9.17) is 4.74 Å². The van der Waals surface area contributed by atoms with E-state index in [9.17, 15) is 18.4 Å². The number of carbonyl (C=O) groups excluding carboxylic acids is 2. The van der Waals surface area contributed by atoms with Crippen molar-refractivity contribution in [3.63, 3.8) is 0 Å². The Morgan fingerprint density at radius 2 is 2.00 bits per heavy atom. The van der Waals surface area contributed by atoms with Crippen LogP contribution in [0.15, 0.2) is 36.5 Å². The Morgan fingerprint density at radius 1 is 1.27 bits per heavy atom. The van der Waals surface area contributed by atoms with Crippen molar-refractivity contribution in [3.05, 3.63) is 65.1 Å². The summed E-state index contributed by atoms with van der Waals surface area (Å²) in [5.41, 5.74) is 0.871. The predicted molar refractivity (Wildman–Crippen MR) is 107 cm³/mol. The summed E-state index contributed by atoms with van der Waals surface area (Å²) in [6.45, 7) is 3.35. The lowest BCUT2D eigenvalue weighted by Crippen LogP contribution is -2.36. The van der Waals surface area contributed by atoms with Crippen LogP contribution in [-0.2, 0) is 11.4 Å². The third kappa shape index (κ3) is 4.48. The second-order valence-electron chi connectivity index (χ2n) is 6.96. The lowest BCUT2D eigenvalue weighted by molar-refractivity contribution is -0.109. The number of carbonyl (C=O) groups is 2. The molecule has 0 bridgehead atoms. The molecular weight excluding hydrogens is 392 g/mol. The maximum absolute atomic E-state index is 13.9. The molecule has 1 amide bonds. The SMILES string of the molecule is CCCCC(C=O)NC(=O)c1c(C)nc2c(OCc3c(F)cccc3F)cccn12. The molecule has 8 heteroatoms. The van der Waals surface area contributed by atoms with Gasteiger partial charge in [-0.2, -0.15) is 0 Å². The van der Waals surface area contributed by atoms with Gasteiger partial charge in [0.15, 0.2) is 11.4 Å². The zero-order valence-electron chi connectivity index (χ0n) is 16.8. The van der Waals surface area contributed by atoms with Crippen LogP contribution in [0, 0.1) is 18.6 Å². The number of halogens is 2. The molecule has 2 heterocycles. The highest BCUT2D eigenvalue weighted by atomic mass is 19.1. The van der Waals surface area contributed by atoms with Gasteiger partial charge in [-0.25, -0.2) is 13.8 Å². The summed E-state index contributed by atoms with van der Waals surface area (Å²) in [5.74, 6) is -1.55. The van der Waals surface area contributed by atoms with Gasteiger partial charge in [-0.3, -0.25) is 9.20 Å². The molecule has 0 aliphatic rings. The molecule has 6 nitrogen and oxygen atoms in total. The average molecular weight is 415 g/mol. The minimum atomic E-state index is -0.700. The first kappa shape index (κ1) is 21.4. The second kappa shape index (κ2) is 9.47. The Kier molecular flexibility index (Phi) is 6.76. The molecule has 0 aliphatic heterocycles. The number of aldehydes is 1. The first-order valence-electron chi connectivity index (χ1n) is 9.75. The zero-order chi connectivity index (χ0) is 21.7. The molecule has 1 N–H and O–H groups in total. The van der Waals surface area contributed by atoms with Crippen molar-refractivity contribution in [2.75, 3.05) is 0 Å². The number of unbranched alkanes of at least 4 members (excludes halogenated alkanes) is 1. The Labute approximate surface area is 172 Å². The molecule has 1 unspecified atom stereocenters. The number of imidazole rings is 1. The van der Waals surface area contributed by atoms with Gasteiger partial charge in [-0.1, -0.05) is 25.8 Å². The molecule has 0 saturated carbocycles. The van der Waals surface area contributed by atoms with E-state index < -0.39 is 23.6 Å². The summed E-state index contributed by atoms with van der Waals surface area (Å²) in [4.78, 5) is 28.4. The van der Waals surface area contributed by atoms with Gasteiger partial charge in [0.05, 0.1) is 17.3 Å². The molecule has 3 aromatic rings. The van der Waals surface area contributed by atoms with Crippen molar-refractivity contribution in [1.82, 2.24) is 14.7 Å². The lowest BCUT2D eigenvalue weighted by atomic mass is 10.1. The van der Waals surface area contributed by atoms with Gasteiger partial charge in [-0.05, 0) is 37.6 Å². The second-order valence-corrected chi connectivity index (χ2v) is 6.96. The number of aromatic nitrogens is 2. The van der Waals surface area contributed by atoms with Crippen LogP contribution in [0.4, 0.5) is 8.78 Å². The molecule has 1 aromatic carbocycles. The maximum atomic E-state index is 13.9. The molecule has 30 heavy (non-hydrogen) atoms. The van der Waals surface area contributed by atoms with Crippen LogP contribution in [0.25, 0.3) is 5.65 Å². The molecule has 3 rings (SSSR count). The van der Waals surface area contributed by atoms with E-state index in [0.717, 1.165) is 31.3 Å². The summed E-state index contributed by atoms with van der Waals surface area (Å²) < 4.78 is 34.9. The fourth-order valence-electron chi connectivity index (χ4n) is 3.20. The highest BCUT2D eigenvalue weighted by Gasteiger charge is 2.21. The van der Waals surface area contributed by atoms with Crippen LogP contribution >= 0.6 is 0 Å². The average Bonchev–Trinajstić information content (AvgIpc) is 3.07. The van der Waals surface area contributed by atoms with E-state index in [1.807, 2.05) is 6.92 Å². The van der Waals surface area contributed by atoms with Crippen molar-refractivity contribution in [2.45, 2.75) is 45.8 Å². The van der Waals surface area contributed by atoms with E-state index in [2.05, 4.69) is 10.3 Å². The van der Waals surface area contributed by atoms with Gasteiger partial charge in [0.2, 0.25) is 0 Å². The molecule has 0 radical (unpaired) electrons. The summed E-state index contributed by atoms with van der Waals surface area (Å²) in [6.07, 6.45) is 4.66. The molecule has 0 spiro atoms. The molecule has 2 aromatic heterocycles. The molecule has 158 valence electrons. The van der Waals surface area contributed by atoms with E-state index in [-0.39, 0.29) is 23.6 Å². The Balaban J connectivity index is 1.86. The number of benzene rings is 1. The number of aryl methyl sites for hydroxylation is 1. The molecule has 1 atom stereocenters. The monoisotopic (exact) mass is 415 g/mol. The highest BCUT2D eigenvalue weighted by Crippen LogP contribution is 2.24. The standard InChI is InChI=1S/C22H23F2N3O3/c1-3-4-7-15(12-28)26-22(29)20-14(2)25-21-19(10-6-11-27(20)21)30-13-16-17(23)8-5-9-18(16)24/h5-6,8-12,15H,3-4,7,13H2,1-2H3,(H,26,29). The van der Waals surface area contributed by atoms with Crippen LogP contribution < -0.4 is 10.1 Å². The summed E-state index contributed by atoms with van der Waals surface area (Å²) in [5, 5.41) is 2.72. The molecular formula is C22H23F2N3O3. The number of nitrogens with one attached hydrogen (secondary N) is 1. The van der Waals surface area contributed by atoms with Gasteiger partial charge in [0.25, 0.3) is 5.91 Å². The Hall–Kier alpha value is -3.29. The Bertz CT molecular complexity index is 1040. The van der Waals surface area contributed by atoms with E-state index in [1.165, 1.54) is 6.07 Å². The van der Waals surface area contributed by atoms with E-state index in [0.29, 0.717) is 17.8 Å². The van der Waals surface area contributed by atoms with Crippen molar-refractivity contribution < 1.29 is 23.1 Å². The maximum Gasteiger partial charge on any atom is 0.270 e. The van der Waals surface area contributed by atoms with E-state index >= 15 is 0 Å². The van der Waals surface area contributed by atoms with Gasteiger partial charge < -0.3 is 14.8 Å². The van der Waals surface area contributed by atoms with Crippen molar-refractivity contribution in [2.24, 2.45) is 0 Å². The van der Waals surface area contributed by atoms with Crippen molar-refractivity contribution in [1.29, 1.82) is 0 Å². The number of fused-ring (bicyclic) bond motifs is 1. The predicted octanol–water partition coefficient (Wildman–Crippen LogP) is 3.99. The Morgan fingerprint density at radius 3 is 2.67 bits per heavy atom. The van der Waals surface area contributed by atoms with Gasteiger partial charge in [0, 0.05) is 6.20 Å². The summed E-state index contributed by atoms with van der Waals surface area (Å²) in [6, 6.07) is 6.28. The largest absolute Gasteiger partial charge is 0.485 e. The van der Waals surface area contributed by atoms with Gasteiger partial charge in [-0.15, -0.1) is 0 Å². The fraction of sp³-hybridized carbons (Fsp3) is 0.318. The topological polar surface area (TPSA) is 72.7 Å². The van der Waals surface area contributed by atoms with Crippen LogP contribution in [0.5, 0.6) is 5.75 Å². The molecule has 0 saturated heterocycles. The number of ether oxygens (including phenoxy) is 1. The molecule has 0 aliphatic carbocycles. The smallest absolute Gasteiger partial charge is 0.270 e. The third-order valence-electron chi connectivity index (χ3n) is 4.79. The zero-order valence-corrected chi connectivity index (χ0v) is 16.8. The minimum absolute atomic E-state index is 0.189. The fourth-order valence-corrected chi connectivity index (χ4v) is 3.20. The van der Waals surface area contributed by atoms with Crippen LogP contribution in [0.2, 0.25) is 0 Å². The first-order chi connectivity index (χ1) is 14.5. The lowest BCUT2D eigenvalue weighted by Gasteiger charge is -2.13. The van der Waals surface area contributed by atoms with Crippen molar-refractivity contribution >= 4 is 17.8 Å². The number of pyridine rings is 1. The number of hydrogen-bond acceptors (Lipinski definition) is 4. The van der Waals surface area contributed by atoms with Crippen LogP contribution in [0.1, 0.15) is 47.9 Å².